The highest BCUT2D eigenvalue weighted by molar-refractivity contribution is 5.56. The van der Waals surface area contributed by atoms with E-state index in [4.69, 9.17) is 0 Å². The van der Waals surface area contributed by atoms with Gasteiger partial charge in [0, 0.05) is 6.42 Å². The van der Waals surface area contributed by atoms with Gasteiger partial charge in [-0.15, -0.1) is 0 Å². The number of aromatic nitrogens is 1. The smallest absolute Gasteiger partial charge is 0.291 e. The lowest BCUT2D eigenvalue weighted by Gasteiger charge is -2.19. The number of aromatic amines is 1. The van der Waals surface area contributed by atoms with Crippen molar-refractivity contribution in [2.75, 3.05) is 32.5 Å². The summed E-state index contributed by atoms with van der Waals surface area (Å²) in [6.07, 6.45) is 6.84. The van der Waals surface area contributed by atoms with Crippen molar-refractivity contribution in [1.82, 2.24) is 0 Å². The molecule has 0 saturated heterocycles. The number of nitrogens with one attached hydrogen (secondary N) is 3. The number of rotatable bonds is 6. The maximum atomic E-state index is 9.59. The van der Waals surface area contributed by atoms with Crippen LogP contribution in [0.15, 0.2) is 0 Å². The Hall–Kier alpha value is -1.60. The maximum Gasteiger partial charge on any atom is 0.291 e. The second kappa shape index (κ2) is 7.42. The van der Waals surface area contributed by atoms with Crippen LogP contribution in [-0.4, -0.2) is 27.2 Å². The lowest BCUT2D eigenvalue weighted by molar-refractivity contribution is -0.856. The summed E-state index contributed by atoms with van der Waals surface area (Å²) in [6, 6.07) is 2.43. The Morgan fingerprint density at radius 2 is 1.95 bits per heavy atom. The summed E-state index contributed by atoms with van der Waals surface area (Å²) >= 11 is 0. The van der Waals surface area contributed by atoms with Crippen LogP contribution >= 0.6 is 0 Å². The molecule has 0 fully saturated rings. The lowest BCUT2D eigenvalue weighted by atomic mass is 9.87. The van der Waals surface area contributed by atoms with Crippen LogP contribution in [0.25, 0.3) is 0 Å². The molecule has 1 aliphatic rings. The molecule has 114 valence electrons. The monoisotopic (exact) mass is 288 g/mol. The summed E-state index contributed by atoms with van der Waals surface area (Å²) in [7, 11) is 4.29. The Balaban J connectivity index is 2.34. The first-order valence-electron chi connectivity index (χ1n) is 8.20. The molecule has 1 aromatic rings. The molecule has 4 nitrogen and oxygen atoms in total. The summed E-state index contributed by atoms with van der Waals surface area (Å²) in [6.45, 7) is 4.14. The molecule has 1 heterocycles. The van der Waals surface area contributed by atoms with Gasteiger partial charge in [-0.05, 0) is 43.2 Å². The van der Waals surface area contributed by atoms with Crippen LogP contribution in [0.5, 0.6) is 0 Å². The van der Waals surface area contributed by atoms with Gasteiger partial charge < -0.3 is 4.90 Å². The zero-order valence-corrected chi connectivity index (χ0v) is 13.6. The minimum Gasteiger partial charge on any atom is -0.337 e. The van der Waals surface area contributed by atoms with E-state index in [-0.39, 0.29) is 0 Å². The van der Waals surface area contributed by atoms with Crippen LogP contribution in [-0.2, 0) is 19.3 Å². The zero-order chi connectivity index (χ0) is 15.2. The molecule has 0 bridgehead atoms. The number of pyridine rings is 1. The number of H-pyrrole nitrogens is 1. The molecule has 0 atom stereocenters. The number of hydrogen-bond acceptors (Lipinski definition) is 2. The Bertz CT molecular complexity index is 529. The highest BCUT2D eigenvalue weighted by Crippen LogP contribution is 2.28. The summed E-state index contributed by atoms with van der Waals surface area (Å²) in [4.78, 5) is 4.93. The Morgan fingerprint density at radius 3 is 2.57 bits per heavy atom. The van der Waals surface area contributed by atoms with Crippen molar-refractivity contribution in [3.05, 3.63) is 22.4 Å². The molecule has 21 heavy (non-hydrogen) atoms. The lowest BCUT2D eigenvalue weighted by Crippen LogP contribution is -3.06. The van der Waals surface area contributed by atoms with Gasteiger partial charge in [-0.25, -0.2) is 4.98 Å². The van der Waals surface area contributed by atoms with Crippen LogP contribution in [0.1, 0.15) is 48.6 Å². The number of nitrogens with zero attached hydrogens (tertiary/aromatic N) is 1. The van der Waals surface area contributed by atoms with Gasteiger partial charge in [-0.3, -0.25) is 5.32 Å². The molecule has 1 aliphatic carbocycles. The fourth-order valence-corrected chi connectivity index (χ4v) is 3.11. The molecule has 0 radical (unpaired) electrons. The second-order valence-electron chi connectivity index (χ2n) is 6.26. The van der Waals surface area contributed by atoms with E-state index >= 15 is 0 Å². The van der Waals surface area contributed by atoms with Gasteiger partial charge in [0.25, 0.3) is 5.82 Å². The van der Waals surface area contributed by atoms with Gasteiger partial charge >= 0.3 is 0 Å². The minimum atomic E-state index is 0.846. The van der Waals surface area contributed by atoms with Crippen molar-refractivity contribution in [2.24, 2.45) is 0 Å². The quantitative estimate of drug-likeness (QED) is 0.812. The van der Waals surface area contributed by atoms with Crippen LogP contribution < -0.4 is 15.2 Å². The molecule has 3 N–H and O–H groups in total. The first-order chi connectivity index (χ1) is 10.2. The van der Waals surface area contributed by atoms with Gasteiger partial charge in [0.15, 0.2) is 0 Å². The molecule has 0 saturated carbocycles. The van der Waals surface area contributed by atoms with Crippen molar-refractivity contribution >= 4 is 5.82 Å². The first-order valence-corrected chi connectivity index (χ1v) is 8.20. The molecule has 2 rings (SSSR count). The minimum absolute atomic E-state index is 0.846. The van der Waals surface area contributed by atoms with Crippen molar-refractivity contribution < 1.29 is 9.88 Å². The van der Waals surface area contributed by atoms with Crippen LogP contribution in [0.2, 0.25) is 0 Å². The Labute approximate surface area is 128 Å². The number of aryl methyl sites for hydroxylation is 1. The van der Waals surface area contributed by atoms with Crippen molar-refractivity contribution in [3.63, 3.8) is 0 Å². The van der Waals surface area contributed by atoms with Gasteiger partial charge in [0.05, 0.1) is 14.1 Å². The van der Waals surface area contributed by atoms with Gasteiger partial charge in [0.1, 0.15) is 30.4 Å². The summed E-state index contributed by atoms with van der Waals surface area (Å²) < 4.78 is 0. The van der Waals surface area contributed by atoms with E-state index in [2.05, 4.69) is 37.4 Å². The number of fused-ring (bicyclic) bond motifs is 1. The number of likely N-dealkylation sites (N-methyl/N-ethyl adjacent to an activating group) is 1. The highest BCUT2D eigenvalue weighted by atomic mass is 15.1. The largest absolute Gasteiger partial charge is 0.337 e. The first kappa shape index (κ1) is 15.8. The molecule has 1 aromatic heterocycles. The maximum absolute atomic E-state index is 9.59. The van der Waals surface area contributed by atoms with E-state index in [1.807, 2.05) is 0 Å². The van der Waals surface area contributed by atoms with Crippen molar-refractivity contribution in [2.45, 2.75) is 45.4 Å². The standard InChI is InChI=1S/C17H26N4/c1-4-7-16-14-9-6-5-8-13(14)15(12-18)17(20-16)19-10-11-21(2)3/h4-11H2,1-3H3,(H,19,20)/p+2. The molecular weight excluding hydrogens is 260 g/mol. The number of quaternary nitrogens is 1. The third-order valence-corrected chi connectivity index (χ3v) is 4.20. The third-order valence-electron chi connectivity index (χ3n) is 4.20. The Kier molecular flexibility index (Phi) is 5.58. The molecule has 0 aromatic carbocycles. The van der Waals surface area contributed by atoms with Crippen LogP contribution in [0, 0.1) is 11.3 Å². The summed E-state index contributed by atoms with van der Waals surface area (Å²) in [5.41, 5.74) is 4.90. The summed E-state index contributed by atoms with van der Waals surface area (Å²) in [5.74, 6) is 0.933. The highest BCUT2D eigenvalue weighted by Gasteiger charge is 2.25. The number of anilines is 1. The van der Waals surface area contributed by atoms with Crippen molar-refractivity contribution in [1.29, 1.82) is 5.26 Å². The van der Waals surface area contributed by atoms with E-state index in [1.165, 1.54) is 34.6 Å². The predicted octanol–water partition coefficient (Wildman–Crippen LogP) is 0.760. The van der Waals surface area contributed by atoms with Crippen LogP contribution in [0.4, 0.5) is 5.82 Å². The topological polar surface area (TPSA) is 54.4 Å². The second-order valence-corrected chi connectivity index (χ2v) is 6.26. The zero-order valence-electron chi connectivity index (χ0n) is 13.6. The third kappa shape index (κ3) is 3.74. The molecule has 0 unspecified atom stereocenters. The van der Waals surface area contributed by atoms with E-state index < -0.39 is 0 Å². The molecule has 0 amide bonds. The van der Waals surface area contributed by atoms with Gasteiger partial charge in [0.2, 0.25) is 0 Å². The SMILES string of the molecule is CCCc1[nH+]c(NCC[NH+](C)C)c(C#N)c2c1CCCC2. The van der Waals surface area contributed by atoms with Crippen LogP contribution in [0.3, 0.4) is 0 Å². The number of nitriles is 1. The average Bonchev–Trinajstić information content (AvgIpc) is 2.47. The van der Waals surface area contributed by atoms with E-state index in [1.54, 1.807) is 0 Å². The molecular formula is C17H28N4+2. The molecule has 0 spiro atoms. The molecule has 0 aliphatic heterocycles. The van der Waals surface area contributed by atoms with E-state index in [0.717, 1.165) is 50.2 Å². The average molecular weight is 288 g/mol. The summed E-state index contributed by atoms with van der Waals surface area (Å²) in [5, 5.41) is 13.0. The Morgan fingerprint density at radius 1 is 1.24 bits per heavy atom. The number of hydrogen-bond donors (Lipinski definition) is 2. The normalized spacial score (nSPS) is 13.9. The van der Waals surface area contributed by atoms with Crippen molar-refractivity contribution in [3.8, 4) is 6.07 Å². The predicted molar refractivity (Wildman–Crippen MR) is 84.5 cm³/mol. The van der Waals surface area contributed by atoms with Gasteiger partial charge in [-0.2, -0.15) is 5.26 Å². The van der Waals surface area contributed by atoms with E-state index in [0.29, 0.717) is 0 Å². The van der Waals surface area contributed by atoms with Gasteiger partial charge in [-0.1, -0.05) is 6.92 Å². The van der Waals surface area contributed by atoms with E-state index in [9.17, 15) is 5.26 Å². The fraction of sp³-hybridized carbons (Fsp3) is 0.647. The molecule has 4 heteroatoms. The fourth-order valence-electron chi connectivity index (χ4n) is 3.11.